The normalized spacial score (nSPS) is 9.62. The molecule has 0 saturated carbocycles. The summed E-state index contributed by atoms with van der Waals surface area (Å²) in [6.07, 6.45) is 1.85. The summed E-state index contributed by atoms with van der Waals surface area (Å²) in [4.78, 5) is 0. The molecule has 0 amide bonds. The van der Waals surface area contributed by atoms with Gasteiger partial charge in [-0.3, -0.25) is 0 Å². The first-order valence-electron chi connectivity index (χ1n) is 4.31. The summed E-state index contributed by atoms with van der Waals surface area (Å²) in [5.74, 6) is 0.901. The molecule has 1 aromatic rings. The van der Waals surface area contributed by atoms with Crippen LogP contribution in [0.2, 0.25) is 0 Å². The van der Waals surface area contributed by atoms with Crippen LogP contribution in [0.25, 0.3) is 0 Å². The summed E-state index contributed by atoms with van der Waals surface area (Å²) in [6, 6.07) is 8.02. The van der Waals surface area contributed by atoms with E-state index in [-0.39, 0.29) is 0 Å². The van der Waals surface area contributed by atoms with Gasteiger partial charge in [-0.15, -0.1) is 6.58 Å². The number of methoxy groups -OCH3 is 1. The lowest BCUT2D eigenvalue weighted by atomic mass is 10.2. The lowest BCUT2D eigenvalue weighted by molar-refractivity contribution is 0.414. The first-order valence-corrected chi connectivity index (χ1v) is 4.31. The first kappa shape index (κ1) is 9.81. The molecule has 1 rings (SSSR count). The van der Waals surface area contributed by atoms with E-state index in [1.165, 1.54) is 5.56 Å². The highest BCUT2D eigenvalue weighted by Crippen LogP contribution is 2.11. The zero-order valence-electron chi connectivity index (χ0n) is 7.92. The molecule has 0 aliphatic heterocycles. The van der Waals surface area contributed by atoms with E-state index in [2.05, 4.69) is 18.0 Å². The van der Waals surface area contributed by atoms with E-state index in [0.717, 1.165) is 18.8 Å². The number of rotatable bonds is 5. The molecule has 0 aliphatic carbocycles. The number of hydrogen-bond acceptors (Lipinski definition) is 2. The molecule has 0 atom stereocenters. The maximum atomic E-state index is 5.11. The molecule has 0 heterocycles. The molecular weight excluding hydrogens is 162 g/mol. The third-order valence-corrected chi connectivity index (χ3v) is 1.75. The minimum absolute atomic E-state index is 0.831. The largest absolute Gasteiger partial charge is 0.497 e. The van der Waals surface area contributed by atoms with Crippen molar-refractivity contribution >= 4 is 0 Å². The fourth-order valence-electron chi connectivity index (χ4n) is 1.10. The van der Waals surface area contributed by atoms with Crippen molar-refractivity contribution in [3.63, 3.8) is 0 Å². The van der Waals surface area contributed by atoms with Crippen LogP contribution in [0.1, 0.15) is 5.56 Å². The van der Waals surface area contributed by atoms with Crippen LogP contribution >= 0.6 is 0 Å². The van der Waals surface area contributed by atoms with Crippen molar-refractivity contribution in [2.45, 2.75) is 6.54 Å². The highest BCUT2D eigenvalue weighted by atomic mass is 16.5. The molecule has 1 aromatic carbocycles. The van der Waals surface area contributed by atoms with Gasteiger partial charge in [-0.25, -0.2) is 0 Å². The predicted octanol–water partition coefficient (Wildman–Crippen LogP) is 1.97. The maximum Gasteiger partial charge on any atom is 0.119 e. The Bertz CT molecular complexity index is 271. The Morgan fingerprint density at radius 3 is 3.08 bits per heavy atom. The second-order valence-corrected chi connectivity index (χ2v) is 2.77. The van der Waals surface area contributed by atoms with Crippen molar-refractivity contribution in [3.8, 4) is 5.75 Å². The highest BCUT2D eigenvalue weighted by Gasteiger charge is 1.93. The standard InChI is InChI=1S/C11H15NO/c1-3-7-12-9-10-5-4-6-11(8-10)13-2/h3-6,8,12H,1,7,9H2,2H3. The van der Waals surface area contributed by atoms with Crippen LogP contribution in [0.3, 0.4) is 0 Å². The van der Waals surface area contributed by atoms with Gasteiger partial charge in [0.25, 0.3) is 0 Å². The molecule has 0 spiro atoms. The molecule has 0 bridgehead atoms. The molecule has 1 N–H and O–H groups in total. The summed E-state index contributed by atoms with van der Waals surface area (Å²) >= 11 is 0. The molecule has 13 heavy (non-hydrogen) atoms. The van der Waals surface area contributed by atoms with Crippen molar-refractivity contribution in [1.82, 2.24) is 5.32 Å². The van der Waals surface area contributed by atoms with Crippen LogP contribution < -0.4 is 10.1 Å². The van der Waals surface area contributed by atoms with Gasteiger partial charge in [0, 0.05) is 13.1 Å². The zero-order valence-corrected chi connectivity index (χ0v) is 7.92. The molecule has 0 aromatic heterocycles. The lowest BCUT2D eigenvalue weighted by Gasteiger charge is -2.04. The fourth-order valence-corrected chi connectivity index (χ4v) is 1.10. The van der Waals surface area contributed by atoms with Crippen LogP contribution in [0.5, 0.6) is 5.75 Å². The summed E-state index contributed by atoms with van der Waals surface area (Å²) < 4.78 is 5.11. The Morgan fingerprint density at radius 1 is 1.54 bits per heavy atom. The van der Waals surface area contributed by atoms with E-state index in [1.54, 1.807) is 7.11 Å². The van der Waals surface area contributed by atoms with Gasteiger partial charge in [-0.05, 0) is 17.7 Å². The molecule has 0 radical (unpaired) electrons. The van der Waals surface area contributed by atoms with Crippen molar-refractivity contribution in [2.24, 2.45) is 0 Å². The van der Waals surface area contributed by atoms with Gasteiger partial charge in [0.05, 0.1) is 7.11 Å². The molecule has 2 nitrogen and oxygen atoms in total. The van der Waals surface area contributed by atoms with Gasteiger partial charge in [-0.1, -0.05) is 18.2 Å². The summed E-state index contributed by atoms with van der Waals surface area (Å²) in [5.41, 5.74) is 1.22. The van der Waals surface area contributed by atoms with Crippen LogP contribution in [0.15, 0.2) is 36.9 Å². The Kier molecular flexibility index (Phi) is 4.06. The van der Waals surface area contributed by atoms with E-state index in [1.807, 2.05) is 24.3 Å². The maximum absolute atomic E-state index is 5.11. The van der Waals surface area contributed by atoms with Crippen LogP contribution in [-0.2, 0) is 6.54 Å². The minimum Gasteiger partial charge on any atom is -0.497 e. The van der Waals surface area contributed by atoms with E-state index >= 15 is 0 Å². The zero-order chi connectivity index (χ0) is 9.52. The topological polar surface area (TPSA) is 21.3 Å². The van der Waals surface area contributed by atoms with Crippen LogP contribution in [0.4, 0.5) is 0 Å². The van der Waals surface area contributed by atoms with Gasteiger partial charge in [0.2, 0.25) is 0 Å². The van der Waals surface area contributed by atoms with Crippen molar-refractivity contribution in [2.75, 3.05) is 13.7 Å². The van der Waals surface area contributed by atoms with Crippen molar-refractivity contribution in [1.29, 1.82) is 0 Å². The summed E-state index contributed by atoms with van der Waals surface area (Å²) in [6.45, 7) is 5.32. The Hall–Kier alpha value is -1.28. The van der Waals surface area contributed by atoms with E-state index in [9.17, 15) is 0 Å². The molecule has 2 heteroatoms. The second-order valence-electron chi connectivity index (χ2n) is 2.77. The minimum atomic E-state index is 0.831. The Morgan fingerprint density at radius 2 is 2.38 bits per heavy atom. The summed E-state index contributed by atoms with van der Waals surface area (Å²) in [5, 5.41) is 3.23. The summed E-state index contributed by atoms with van der Waals surface area (Å²) in [7, 11) is 1.68. The highest BCUT2D eigenvalue weighted by molar-refractivity contribution is 5.28. The smallest absolute Gasteiger partial charge is 0.119 e. The lowest BCUT2D eigenvalue weighted by Crippen LogP contribution is -2.12. The van der Waals surface area contributed by atoms with E-state index < -0.39 is 0 Å². The first-order chi connectivity index (χ1) is 6.36. The van der Waals surface area contributed by atoms with Gasteiger partial charge in [-0.2, -0.15) is 0 Å². The monoisotopic (exact) mass is 177 g/mol. The average molecular weight is 177 g/mol. The third kappa shape index (κ3) is 3.30. The van der Waals surface area contributed by atoms with E-state index in [4.69, 9.17) is 4.74 Å². The third-order valence-electron chi connectivity index (χ3n) is 1.75. The number of benzene rings is 1. The quantitative estimate of drug-likeness (QED) is 0.548. The molecule has 70 valence electrons. The average Bonchev–Trinajstić information content (AvgIpc) is 2.19. The Balaban J connectivity index is 2.50. The predicted molar refractivity (Wildman–Crippen MR) is 54.9 cm³/mol. The van der Waals surface area contributed by atoms with Crippen molar-refractivity contribution in [3.05, 3.63) is 42.5 Å². The van der Waals surface area contributed by atoms with Crippen molar-refractivity contribution < 1.29 is 4.74 Å². The number of hydrogen-bond donors (Lipinski definition) is 1. The van der Waals surface area contributed by atoms with Gasteiger partial charge >= 0.3 is 0 Å². The molecule has 0 aliphatic rings. The van der Waals surface area contributed by atoms with Gasteiger partial charge in [0.1, 0.15) is 5.75 Å². The van der Waals surface area contributed by atoms with Crippen LogP contribution in [-0.4, -0.2) is 13.7 Å². The number of nitrogens with one attached hydrogen (secondary N) is 1. The Labute approximate surface area is 79.2 Å². The molecule has 0 unspecified atom stereocenters. The van der Waals surface area contributed by atoms with Gasteiger partial charge < -0.3 is 10.1 Å². The van der Waals surface area contributed by atoms with Gasteiger partial charge in [0.15, 0.2) is 0 Å². The molecule has 0 saturated heterocycles. The van der Waals surface area contributed by atoms with Crippen LogP contribution in [0, 0.1) is 0 Å². The van der Waals surface area contributed by atoms with E-state index in [0.29, 0.717) is 0 Å². The fraction of sp³-hybridized carbons (Fsp3) is 0.273. The SMILES string of the molecule is C=CCNCc1cccc(OC)c1. The molecule has 0 fully saturated rings. The molecular formula is C11H15NO. The number of ether oxygens (including phenoxy) is 1. The second kappa shape index (κ2) is 5.38.